The van der Waals surface area contributed by atoms with Gasteiger partial charge in [0.15, 0.2) is 5.96 Å². The van der Waals surface area contributed by atoms with Crippen molar-refractivity contribution >= 4 is 5.96 Å². The maximum Gasteiger partial charge on any atom is 0.191 e. The first kappa shape index (κ1) is 14.3. The third kappa shape index (κ3) is 3.00. The highest BCUT2D eigenvalue weighted by atomic mass is 19.1. The summed E-state index contributed by atoms with van der Waals surface area (Å²) < 4.78 is 32.9. The molecule has 0 radical (unpaired) electrons. The minimum atomic E-state index is -0.503. The zero-order valence-corrected chi connectivity index (χ0v) is 11.9. The van der Waals surface area contributed by atoms with Gasteiger partial charge < -0.3 is 15.4 Å². The molecule has 1 saturated carbocycles. The number of morpholine rings is 1. The summed E-state index contributed by atoms with van der Waals surface area (Å²) in [7, 11) is 0. The summed E-state index contributed by atoms with van der Waals surface area (Å²) in [4.78, 5) is 6.38. The molecule has 3 atom stereocenters. The number of guanidine groups is 1. The molecule has 0 aromatic heterocycles. The van der Waals surface area contributed by atoms with Gasteiger partial charge in [-0.1, -0.05) is 6.07 Å². The molecule has 1 aliphatic heterocycles. The SMILES string of the molecule is CC1CN(C(N)=N[C@@H]2C[C@H]2c2c(F)cccc2F)CCO1. The standard InChI is InChI=1S/C15H19F2N3O/c1-9-8-20(5-6-21-9)15(18)19-13-7-10(13)14-11(16)3-2-4-12(14)17/h2-4,9-10,13H,5-8H2,1H3,(H2,18,19)/t9?,10-,13-/m1/s1. The van der Waals surface area contributed by atoms with Crippen molar-refractivity contribution in [2.75, 3.05) is 19.7 Å². The van der Waals surface area contributed by atoms with Crippen LogP contribution in [0.4, 0.5) is 8.78 Å². The minimum Gasteiger partial charge on any atom is -0.375 e. The van der Waals surface area contributed by atoms with Crippen molar-refractivity contribution in [3.05, 3.63) is 35.4 Å². The second-order valence-electron chi connectivity index (χ2n) is 5.66. The number of rotatable bonds is 2. The van der Waals surface area contributed by atoms with Crippen molar-refractivity contribution in [1.82, 2.24) is 4.90 Å². The second kappa shape index (κ2) is 5.60. The van der Waals surface area contributed by atoms with Gasteiger partial charge in [0.1, 0.15) is 11.6 Å². The fourth-order valence-electron chi connectivity index (χ4n) is 2.78. The van der Waals surface area contributed by atoms with E-state index in [9.17, 15) is 8.78 Å². The molecule has 2 fully saturated rings. The number of nitrogens with two attached hydrogens (primary N) is 1. The molecule has 1 saturated heterocycles. The molecular formula is C15H19F2N3O. The first-order chi connectivity index (χ1) is 10.1. The van der Waals surface area contributed by atoms with E-state index in [4.69, 9.17) is 10.5 Å². The predicted octanol–water partition coefficient (Wildman–Crippen LogP) is 1.86. The van der Waals surface area contributed by atoms with Crippen molar-refractivity contribution in [3.8, 4) is 0 Å². The zero-order valence-electron chi connectivity index (χ0n) is 11.9. The van der Waals surface area contributed by atoms with Gasteiger partial charge in [-0.05, 0) is 25.5 Å². The molecule has 1 unspecified atom stereocenters. The van der Waals surface area contributed by atoms with Crippen molar-refractivity contribution in [2.45, 2.75) is 31.4 Å². The maximum atomic E-state index is 13.7. The second-order valence-corrected chi connectivity index (χ2v) is 5.66. The van der Waals surface area contributed by atoms with E-state index in [-0.39, 0.29) is 23.6 Å². The lowest BCUT2D eigenvalue weighted by Gasteiger charge is -2.31. The fraction of sp³-hybridized carbons (Fsp3) is 0.533. The van der Waals surface area contributed by atoms with E-state index in [0.717, 1.165) is 0 Å². The van der Waals surface area contributed by atoms with Crippen LogP contribution in [0.2, 0.25) is 0 Å². The summed E-state index contributed by atoms with van der Waals surface area (Å²) in [5.74, 6) is -0.773. The molecule has 1 heterocycles. The Morgan fingerprint density at radius 1 is 1.38 bits per heavy atom. The van der Waals surface area contributed by atoms with Crippen LogP contribution in [-0.2, 0) is 4.74 Å². The van der Waals surface area contributed by atoms with Crippen LogP contribution in [0.1, 0.15) is 24.8 Å². The number of hydrogen-bond acceptors (Lipinski definition) is 2. The Bertz CT molecular complexity index is 544. The molecule has 2 N–H and O–H groups in total. The van der Waals surface area contributed by atoms with E-state index in [1.165, 1.54) is 18.2 Å². The third-order valence-electron chi connectivity index (χ3n) is 3.99. The Hall–Kier alpha value is -1.69. The van der Waals surface area contributed by atoms with Gasteiger partial charge >= 0.3 is 0 Å². The van der Waals surface area contributed by atoms with Gasteiger partial charge in [-0.25, -0.2) is 13.8 Å². The number of hydrogen-bond donors (Lipinski definition) is 1. The van der Waals surface area contributed by atoms with E-state index in [1.807, 2.05) is 11.8 Å². The van der Waals surface area contributed by atoms with Gasteiger partial charge in [-0.15, -0.1) is 0 Å². The quantitative estimate of drug-likeness (QED) is 0.669. The molecule has 1 aromatic carbocycles. The summed E-state index contributed by atoms with van der Waals surface area (Å²) in [6, 6.07) is 3.81. The van der Waals surface area contributed by atoms with Crippen molar-refractivity contribution in [3.63, 3.8) is 0 Å². The van der Waals surface area contributed by atoms with Crippen LogP contribution in [0.15, 0.2) is 23.2 Å². The first-order valence-corrected chi connectivity index (χ1v) is 7.20. The zero-order chi connectivity index (χ0) is 15.0. The van der Waals surface area contributed by atoms with E-state index < -0.39 is 11.6 Å². The lowest BCUT2D eigenvalue weighted by Crippen LogP contribution is -2.48. The molecule has 0 amide bonds. The van der Waals surface area contributed by atoms with Crippen molar-refractivity contribution < 1.29 is 13.5 Å². The van der Waals surface area contributed by atoms with Crippen LogP contribution in [0, 0.1) is 11.6 Å². The number of aliphatic imine (C=N–C) groups is 1. The highest BCUT2D eigenvalue weighted by Crippen LogP contribution is 2.45. The van der Waals surface area contributed by atoms with Crippen LogP contribution in [-0.4, -0.2) is 42.7 Å². The van der Waals surface area contributed by atoms with Gasteiger partial charge in [0.05, 0.1) is 18.8 Å². The lowest BCUT2D eigenvalue weighted by atomic mass is 10.1. The molecular weight excluding hydrogens is 276 g/mol. The van der Waals surface area contributed by atoms with Gasteiger partial charge in [-0.2, -0.15) is 0 Å². The van der Waals surface area contributed by atoms with Gasteiger partial charge in [-0.3, -0.25) is 0 Å². The molecule has 6 heteroatoms. The highest BCUT2D eigenvalue weighted by molar-refractivity contribution is 5.78. The smallest absolute Gasteiger partial charge is 0.191 e. The van der Waals surface area contributed by atoms with Crippen LogP contribution in [0.25, 0.3) is 0 Å². The molecule has 1 aliphatic carbocycles. The Morgan fingerprint density at radius 3 is 2.76 bits per heavy atom. The van der Waals surface area contributed by atoms with E-state index in [0.29, 0.717) is 32.1 Å². The van der Waals surface area contributed by atoms with E-state index in [1.54, 1.807) is 0 Å². The summed E-state index contributed by atoms with van der Waals surface area (Å²) >= 11 is 0. The van der Waals surface area contributed by atoms with Gasteiger partial charge in [0.25, 0.3) is 0 Å². The molecule has 1 aromatic rings. The Kier molecular flexibility index (Phi) is 3.80. The summed E-state index contributed by atoms with van der Waals surface area (Å²) in [6.45, 7) is 3.99. The number of nitrogens with zero attached hydrogens (tertiary/aromatic N) is 2. The molecule has 3 rings (SSSR count). The summed E-state index contributed by atoms with van der Waals surface area (Å²) in [6.07, 6.45) is 0.754. The molecule has 4 nitrogen and oxygen atoms in total. The normalized spacial score (nSPS) is 29.6. The van der Waals surface area contributed by atoms with Crippen LogP contribution in [0.5, 0.6) is 0 Å². The van der Waals surface area contributed by atoms with Crippen LogP contribution in [0.3, 0.4) is 0 Å². The maximum absolute atomic E-state index is 13.7. The van der Waals surface area contributed by atoms with Crippen molar-refractivity contribution in [1.29, 1.82) is 0 Å². The minimum absolute atomic E-state index is 0.117. The fourth-order valence-corrected chi connectivity index (χ4v) is 2.78. The Morgan fingerprint density at radius 2 is 2.10 bits per heavy atom. The highest BCUT2D eigenvalue weighted by Gasteiger charge is 2.42. The lowest BCUT2D eigenvalue weighted by molar-refractivity contribution is 0.00528. The first-order valence-electron chi connectivity index (χ1n) is 7.20. The number of ether oxygens (including phenoxy) is 1. The Balaban J connectivity index is 1.69. The number of benzene rings is 1. The third-order valence-corrected chi connectivity index (χ3v) is 3.99. The van der Waals surface area contributed by atoms with Crippen LogP contribution < -0.4 is 5.73 Å². The molecule has 0 spiro atoms. The average molecular weight is 295 g/mol. The Labute approximate surface area is 122 Å². The molecule has 2 aliphatic rings. The van der Waals surface area contributed by atoms with Gasteiger partial charge in [0, 0.05) is 24.6 Å². The monoisotopic (exact) mass is 295 g/mol. The topological polar surface area (TPSA) is 50.8 Å². The van der Waals surface area contributed by atoms with E-state index in [2.05, 4.69) is 4.99 Å². The summed E-state index contributed by atoms with van der Waals surface area (Å²) in [5.41, 5.74) is 6.13. The summed E-state index contributed by atoms with van der Waals surface area (Å²) in [5, 5.41) is 0. The molecule has 114 valence electrons. The molecule has 0 bridgehead atoms. The van der Waals surface area contributed by atoms with Crippen molar-refractivity contribution in [2.24, 2.45) is 10.7 Å². The van der Waals surface area contributed by atoms with Crippen LogP contribution >= 0.6 is 0 Å². The predicted molar refractivity (Wildman–Crippen MR) is 76.1 cm³/mol. The molecule has 21 heavy (non-hydrogen) atoms. The largest absolute Gasteiger partial charge is 0.375 e. The number of halogens is 2. The van der Waals surface area contributed by atoms with E-state index >= 15 is 0 Å². The average Bonchev–Trinajstić information content (AvgIpc) is 3.17. The van der Waals surface area contributed by atoms with Gasteiger partial charge in [0.2, 0.25) is 0 Å².